The van der Waals surface area contributed by atoms with Gasteiger partial charge in [-0.25, -0.2) is 0 Å². The number of aromatic nitrogens is 3. The molecule has 0 N–H and O–H groups in total. The standard InChI is InChI=1S/C26H30N4O3S/c1-32-21-13-11-20(12-14-21)24-27-28-26(30(24)18-22-10-7-17-33-22)34-23(19-8-3-2-4-9-19)25(31)29-15-5-6-16-29/h2-4,8-9,11-14,22-23H,5-7,10,15-18H2,1H3. The van der Waals surface area contributed by atoms with E-state index < -0.39 is 0 Å². The molecular formula is C26H30N4O3S. The first-order valence-corrected chi connectivity index (χ1v) is 12.8. The Labute approximate surface area is 204 Å². The van der Waals surface area contributed by atoms with Crippen LogP contribution < -0.4 is 4.74 Å². The molecule has 3 aromatic rings. The zero-order chi connectivity index (χ0) is 23.3. The van der Waals surface area contributed by atoms with Gasteiger partial charge in [-0.1, -0.05) is 42.1 Å². The highest BCUT2D eigenvalue weighted by Crippen LogP contribution is 2.38. The zero-order valence-electron chi connectivity index (χ0n) is 19.4. The van der Waals surface area contributed by atoms with E-state index in [1.165, 1.54) is 11.8 Å². The SMILES string of the molecule is COc1ccc(-c2nnc(SC(C(=O)N3CCCC3)c3ccccc3)n2CC2CCCO2)cc1. The molecule has 178 valence electrons. The number of hydrogen-bond acceptors (Lipinski definition) is 6. The number of nitrogens with zero attached hydrogens (tertiary/aromatic N) is 4. The highest BCUT2D eigenvalue weighted by atomic mass is 32.2. The second-order valence-corrected chi connectivity index (χ2v) is 9.79. The van der Waals surface area contributed by atoms with Crippen LogP contribution in [0.15, 0.2) is 59.8 Å². The number of methoxy groups -OCH3 is 1. The number of ether oxygens (including phenoxy) is 2. The minimum absolute atomic E-state index is 0.122. The molecule has 1 aromatic heterocycles. The first-order valence-electron chi connectivity index (χ1n) is 11.9. The topological polar surface area (TPSA) is 69.5 Å². The summed E-state index contributed by atoms with van der Waals surface area (Å²) in [6.07, 6.45) is 4.33. The molecule has 1 amide bonds. The quantitative estimate of drug-likeness (QED) is 0.441. The van der Waals surface area contributed by atoms with Gasteiger partial charge in [-0.05, 0) is 55.5 Å². The zero-order valence-corrected chi connectivity index (χ0v) is 20.2. The van der Waals surface area contributed by atoms with Crippen molar-refractivity contribution in [1.82, 2.24) is 19.7 Å². The van der Waals surface area contributed by atoms with Crippen molar-refractivity contribution >= 4 is 17.7 Å². The molecule has 0 aliphatic carbocycles. The van der Waals surface area contributed by atoms with E-state index in [0.717, 1.165) is 73.2 Å². The number of carbonyl (C=O) groups excluding carboxylic acids is 1. The predicted octanol–water partition coefficient (Wildman–Crippen LogP) is 4.59. The van der Waals surface area contributed by atoms with Gasteiger partial charge in [0.2, 0.25) is 5.91 Å². The third kappa shape index (κ3) is 4.98. The van der Waals surface area contributed by atoms with Crippen LogP contribution in [0.3, 0.4) is 0 Å². The van der Waals surface area contributed by atoms with E-state index in [-0.39, 0.29) is 17.3 Å². The Kier molecular flexibility index (Phi) is 7.16. The van der Waals surface area contributed by atoms with E-state index in [2.05, 4.69) is 14.8 Å². The van der Waals surface area contributed by atoms with Crippen molar-refractivity contribution < 1.29 is 14.3 Å². The third-order valence-corrected chi connectivity index (χ3v) is 7.67. The molecule has 2 aliphatic heterocycles. The van der Waals surface area contributed by atoms with E-state index >= 15 is 0 Å². The van der Waals surface area contributed by atoms with E-state index in [1.54, 1.807) is 7.11 Å². The Hall–Kier alpha value is -2.84. The van der Waals surface area contributed by atoms with Crippen molar-refractivity contribution in [2.24, 2.45) is 0 Å². The van der Waals surface area contributed by atoms with Crippen LogP contribution in [-0.4, -0.2) is 58.5 Å². The maximum atomic E-state index is 13.6. The van der Waals surface area contributed by atoms with Gasteiger partial charge >= 0.3 is 0 Å². The molecule has 2 saturated heterocycles. The lowest BCUT2D eigenvalue weighted by atomic mass is 10.1. The number of benzene rings is 2. The van der Waals surface area contributed by atoms with Crippen molar-refractivity contribution in [3.63, 3.8) is 0 Å². The Bertz CT molecular complexity index is 1090. The molecule has 5 rings (SSSR count). The van der Waals surface area contributed by atoms with Crippen molar-refractivity contribution in [3.8, 4) is 17.1 Å². The van der Waals surface area contributed by atoms with E-state index in [1.807, 2.05) is 59.5 Å². The maximum Gasteiger partial charge on any atom is 0.240 e. The first kappa shape index (κ1) is 22.9. The molecule has 0 saturated carbocycles. The van der Waals surface area contributed by atoms with Gasteiger partial charge in [-0.15, -0.1) is 10.2 Å². The molecule has 7 nitrogen and oxygen atoms in total. The van der Waals surface area contributed by atoms with Crippen LogP contribution in [-0.2, 0) is 16.1 Å². The van der Waals surface area contributed by atoms with Crippen molar-refractivity contribution in [3.05, 3.63) is 60.2 Å². The van der Waals surface area contributed by atoms with Crippen molar-refractivity contribution in [2.75, 3.05) is 26.8 Å². The Morgan fingerprint density at radius 2 is 1.85 bits per heavy atom. The minimum Gasteiger partial charge on any atom is -0.497 e. The summed E-state index contributed by atoms with van der Waals surface area (Å²) in [5, 5.41) is 9.50. The summed E-state index contributed by atoms with van der Waals surface area (Å²) in [4.78, 5) is 15.5. The molecule has 2 unspecified atom stereocenters. The first-order chi connectivity index (χ1) is 16.7. The summed E-state index contributed by atoms with van der Waals surface area (Å²) >= 11 is 1.49. The predicted molar refractivity (Wildman–Crippen MR) is 132 cm³/mol. The molecule has 2 fully saturated rings. The van der Waals surface area contributed by atoms with E-state index in [9.17, 15) is 4.79 Å². The van der Waals surface area contributed by atoms with Crippen LogP contribution >= 0.6 is 11.8 Å². The Balaban J connectivity index is 1.49. The molecule has 2 atom stereocenters. The molecule has 0 bridgehead atoms. The smallest absolute Gasteiger partial charge is 0.240 e. The molecule has 8 heteroatoms. The number of thioether (sulfide) groups is 1. The van der Waals surface area contributed by atoms with Gasteiger partial charge in [-0.3, -0.25) is 9.36 Å². The number of carbonyl (C=O) groups is 1. The second kappa shape index (κ2) is 10.6. The highest BCUT2D eigenvalue weighted by Gasteiger charge is 2.31. The van der Waals surface area contributed by atoms with Crippen molar-refractivity contribution in [1.29, 1.82) is 0 Å². The maximum absolute atomic E-state index is 13.6. The third-order valence-electron chi connectivity index (χ3n) is 6.44. The van der Waals surface area contributed by atoms with E-state index in [0.29, 0.717) is 6.54 Å². The normalized spacial score (nSPS) is 18.9. The molecule has 0 spiro atoms. The molecule has 3 heterocycles. The van der Waals surface area contributed by atoms with Gasteiger partial charge in [-0.2, -0.15) is 0 Å². The largest absolute Gasteiger partial charge is 0.497 e. The summed E-state index contributed by atoms with van der Waals surface area (Å²) in [5.74, 6) is 1.72. The van der Waals surface area contributed by atoms with Crippen LogP contribution in [0, 0.1) is 0 Å². The fourth-order valence-corrected chi connectivity index (χ4v) is 5.71. The molecule has 0 radical (unpaired) electrons. The monoisotopic (exact) mass is 478 g/mol. The van der Waals surface area contributed by atoms with Gasteiger partial charge in [0.1, 0.15) is 11.0 Å². The van der Waals surface area contributed by atoms with Crippen LogP contribution in [0.2, 0.25) is 0 Å². The van der Waals surface area contributed by atoms with E-state index in [4.69, 9.17) is 9.47 Å². The fraction of sp³-hybridized carbons (Fsp3) is 0.423. The van der Waals surface area contributed by atoms with Gasteiger partial charge in [0, 0.05) is 25.3 Å². The highest BCUT2D eigenvalue weighted by molar-refractivity contribution is 8.00. The Morgan fingerprint density at radius 1 is 1.09 bits per heavy atom. The number of likely N-dealkylation sites (tertiary alicyclic amines) is 1. The summed E-state index contributed by atoms with van der Waals surface area (Å²) in [5.41, 5.74) is 1.95. The molecule has 34 heavy (non-hydrogen) atoms. The molecule has 2 aliphatic rings. The van der Waals surface area contributed by atoms with Gasteiger partial charge < -0.3 is 14.4 Å². The average Bonchev–Trinajstić information content (AvgIpc) is 3.66. The average molecular weight is 479 g/mol. The number of hydrogen-bond donors (Lipinski definition) is 0. The summed E-state index contributed by atoms with van der Waals surface area (Å²) < 4.78 is 13.4. The lowest BCUT2D eigenvalue weighted by Crippen LogP contribution is -2.31. The number of amides is 1. The van der Waals surface area contributed by atoms with Crippen LogP contribution in [0.4, 0.5) is 0 Å². The van der Waals surface area contributed by atoms with Gasteiger partial charge in [0.25, 0.3) is 0 Å². The molecular weight excluding hydrogens is 448 g/mol. The van der Waals surface area contributed by atoms with Crippen molar-refractivity contribution in [2.45, 2.75) is 48.7 Å². The molecule has 2 aromatic carbocycles. The number of rotatable bonds is 8. The summed E-state index contributed by atoms with van der Waals surface area (Å²) in [6.45, 7) is 3.09. The lowest BCUT2D eigenvalue weighted by molar-refractivity contribution is -0.129. The van der Waals surface area contributed by atoms with Gasteiger partial charge in [0.05, 0.1) is 19.8 Å². The minimum atomic E-state index is -0.365. The van der Waals surface area contributed by atoms with Crippen LogP contribution in [0.5, 0.6) is 5.75 Å². The Morgan fingerprint density at radius 3 is 2.53 bits per heavy atom. The second-order valence-electron chi connectivity index (χ2n) is 8.72. The summed E-state index contributed by atoms with van der Waals surface area (Å²) in [7, 11) is 1.66. The van der Waals surface area contributed by atoms with Crippen LogP contribution in [0.25, 0.3) is 11.4 Å². The lowest BCUT2D eigenvalue weighted by Gasteiger charge is -2.23. The fourth-order valence-electron chi connectivity index (χ4n) is 4.58. The van der Waals surface area contributed by atoms with Crippen LogP contribution in [0.1, 0.15) is 36.5 Å². The van der Waals surface area contributed by atoms with Gasteiger partial charge in [0.15, 0.2) is 11.0 Å². The summed E-state index contributed by atoms with van der Waals surface area (Å²) in [6, 6.07) is 17.8.